The van der Waals surface area contributed by atoms with Crippen molar-refractivity contribution in [2.75, 3.05) is 58.7 Å². The van der Waals surface area contributed by atoms with Gasteiger partial charge in [0.25, 0.3) is 0 Å². The van der Waals surface area contributed by atoms with Gasteiger partial charge in [-0.3, -0.25) is 9.80 Å². The van der Waals surface area contributed by atoms with Crippen LogP contribution in [0.4, 0.5) is 8.78 Å². The van der Waals surface area contributed by atoms with Gasteiger partial charge in [-0.15, -0.1) is 0 Å². The topological polar surface area (TPSA) is 134 Å². The predicted molar refractivity (Wildman–Crippen MR) is 287 cm³/mol. The number of likely N-dealkylation sites (tertiary alicyclic amines) is 2. The first-order valence-electron chi connectivity index (χ1n) is 24.4. The summed E-state index contributed by atoms with van der Waals surface area (Å²) in [7, 11) is 1.31. The standard InChI is InChI=1S/2C28H30FNO.C2H2O4.CH3ClO2S/c2*29-26-11-13-27(14-12-26)31-22-18-23-15-19-30(20-16-23)21-17-28(24-7-3-1-4-8-24)25-9-5-2-6-10-25;3-1(4)2(5)6;1-5(2,3)4/h2*1-14,17,23H,15-16,18-22H2;(H,3,4)(H,5,6);1H3. The molecule has 0 aromatic heterocycles. The molecule has 0 unspecified atom stereocenters. The lowest BCUT2D eigenvalue weighted by Gasteiger charge is -2.31. The smallest absolute Gasteiger partial charge is 0.414 e. The molecule has 0 atom stereocenters. The molecule has 2 aliphatic heterocycles. The van der Waals surface area contributed by atoms with E-state index in [0.717, 1.165) is 69.9 Å². The normalized spacial score (nSPS) is 14.0. The van der Waals surface area contributed by atoms with Crippen molar-refractivity contribution >= 4 is 42.8 Å². The Morgan fingerprint density at radius 1 is 0.521 bits per heavy atom. The molecule has 0 bridgehead atoms. The van der Waals surface area contributed by atoms with E-state index in [4.69, 9.17) is 29.3 Å². The summed E-state index contributed by atoms with van der Waals surface area (Å²) >= 11 is 0. The van der Waals surface area contributed by atoms with E-state index in [1.165, 1.54) is 83.3 Å². The van der Waals surface area contributed by atoms with E-state index in [-0.39, 0.29) is 11.6 Å². The summed E-state index contributed by atoms with van der Waals surface area (Å²) in [6.07, 6.45) is 12.6. The summed E-state index contributed by atoms with van der Waals surface area (Å²) in [5.41, 5.74) is 7.66. The van der Waals surface area contributed by atoms with Crippen molar-refractivity contribution in [2.24, 2.45) is 11.8 Å². The molecule has 6 aromatic carbocycles. The summed E-state index contributed by atoms with van der Waals surface area (Å²) in [6, 6.07) is 55.1. The van der Waals surface area contributed by atoms with Gasteiger partial charge >= 0.3 is 11.9 Å². The van der Waals surface area contributed by atoms with E-state index in [1.54, 1.807) is 24.3 Å². The molecule has 0 spiro atoms. The molecule has 2 aliphatic rings. The van der Waals surface area contributed by atoms with Crippen molar-refractivity contribution in [3.63, 3.8) is 0 Å². The maximum absolute atomic E-state index is 13.0. The lowest BCUT2D eigenvalue weighted by molar-refractivity contribution is -0.159. The molecule has 2 heterocycles. The number of benzene rings is 6. The van der Waals surface area contributed by atoms with Crippen LogP contribution >= 0.6 is 10.7 Å². The van der Waals surface area contributed by atoms with Crippen LogP contribution in [-0.2, 0) is 18.6 Å². The van der Waals surface area contributed by atoms with Gasteiger partial charge in [0, 0.05) is 23.8 Å². The minimum Gasteiger partial charge on any atom is -0.494 e. The Morgan fingerprint density at radius 2 is 0.781 bits per heavy atom. The SMILES string of the molecule is CS(=O)(=O)Cl.Fc1ccc(OCCC2CCN(CC=C(c3ccccc3)c3ccccc3)CC2)cc1.Fc1ccc(OCCC2CCN(CC=C(c3ccccc3)c3ccccc3)CC2)cc1.O=C(O)C(=O)O. The van der Waals surface area contributed by atoms with E-state index in [1.807, 2.05) is 0 Å². The molecule has 2 fully saturated rings. The lowest BCUT2D eigenvalue weighted by atomic mass is 9.93. The number of hydrogen-bond acceptors (Lipinski definition) is 8. The van der Waals surface area contributed by atoms with Crippen LogP contribution in [0, 0.1) is 23.5 Å². The molecule has 73 heavy (non-hydrogen) atoms. The highest BCUT2D eigenvalue weighted by molar-refractivity contribution is 8.13. The molecule has 2 N–H and O–H groups in total. The maximum atomic E-state index is 13.0. The zero-order valence-corrected chi connectivity index (χ0v) is 42.7. The summed E-state index contributed by atoms with van der Waals surface area (Å²) in [6.45, 7) is 7.81. The fourth-order valence-electron chi connectivity index (χ4n) is 8.38. The van der Waals surface area contributed by atoms with Gasteiger partial charge in [-0.1, -0.05) is 133 Å². The summed E-state index contributed by atoms with van der Waals surface area (Å²) in [5, 5.41) is 14.8. The van der Waals surface area contributed by atoms with Gasteiger partial charge in [-0.25, -0.2) is 26.8 Å². The molecule has 0 saturated carbocycles. The van der Waals surface area contributed by atoms with Crippen LogP contribution < -0.4 is 9.47 Å². The number of ether oxygens (including phenoxy) is 2. The van der Waals surface area contributed by atoms with Gasteiger partial charge < -0.3 is 19.7 Å². The summed E-state index contributed by atoms with van der Waals surface area (Å²) < 4.78 is 56.3. The third-order valence-corrected chi connectivity index (χ3v) is 12.3. The minimum absolute atomic E-state index is 0.226. The molecule has 2 saturated heterocycles. The van der Waals surface area contributed by atoms with Gasteiger partial charge in [0.05, 0.1) is 19.5 Å². The Balaban J connectivity index is 0.000000225. The van der Waals surface area contributed by atoms with E-state index in [9.17, 15) is 17.2 Å². The molecule has 0 amide bonds. The van der Waals surface area contributed by atoms with Gasteiger partial charge in [0.1, 0.15) is 23.1 Å². The average Bonchev–Trinajstić information content (AvgIpc) is 3.40. The number of carboxylic acid groups (broad SMARTS) is 2. The van der Waals surface area contributed by atoms with Crippen LogP contribution in [0.3, 0.4) is 0 Å². The summed E-state index contributed by atoms with van der Waals surface area (Å²) in [5.74, 6) is -1.21. The minimum atomic E-state index is -3.19. The number of hydrogen-bond donors (Lipinski definition) is 2. The second kappa shape index (κ2) is 31.1. The first-order chi connectivity index (χ1) is 35.2. The molecular weight excluding hydrogens is 970 g/mol. The summed E-state index contributed by atoms with van der Waals surface area (Å²) in [4.78, 5) is 23.3. The lowest BCUT2D eigenvalue weighted by Crippen LogP contribution is -2.34. The first-order valence-corrected chi connectivity index (χ1v) is 27.1. The molecule has 10 nitrogen and oxygen atoms in total. The Kier molecular flexibility index (Phi) is 24.4. The van der Waals surface area contributed by atoms with Crippen molar-refractivity contribution in [2.45, 2.75) is 38.5 Å². The number of aliphatic carboxylic acids is 2. The van der Waals surface area contributed by atoms with Crippen LogP contribution in [-0.4, -0.2) is 99.1 Å². The van der Waals surface area contributed by atoms with Crippen LogP contribution in [0.5, 0.6) is 11.5 Å². The third-order valence-electron chi connectivity index (χ3n) is 12.3. The van der Waals surface area contributed by atoms with Gasteiger partial charge in [0.15, 0.2) is 0 Å². The van der Waals surface area contributed by atoms with Crippen molar-refractivity contribution in [1.29, 1.82) is 0 Å². The van der Waals surface area contributed by atoms with Crippen molar-refractivity contribution < 1.29 is 46.5 Å². The monoisotopic (exact) mass is 1030 g/mol. The van der Waals surface area contributed by atoms with Crippen molar-refractivity contribution in [3.05, 3.63) is 216 Å². The molecular formula is C59H65ClF2N2O8S. The first kappa shape index (κ1) is 57.3. The maximum Gasteiger partial charge on any atom is 0.414 e. The highest BCUT2D eigenvalue weighted by atomic mass is 35.7. The predicted octanol–water partition coefficient (Wildman–Crippen LogP) is 12.2. The number of carboxylic acids is 2. The van der Waals surface area contributed by atoms with E-state index in [2.05, 4.69) is 154 Å². The number of carbonyl (C=O) groups is 2. The fraction of sp³-hybridized carbons (Fsp3) is 0.288. The van der Waals surface area contributed by atoms with Crippen molar-refractivity contribution in [3.8, 4) is 11.5 Å². The number of rotatable bonds is 16. The van der Waals surface area contributed by atoms with E-state index < -0.39 is 21.0 Å². The second-order valence-electron chi connectivity index (χ2n) is 17.7. The fourth-order valence-corrected chi connectivity index (χ4v) is 8.38. The molecule has 0 radical (unpaired) electrons. The van der Waals surface area contributed by atoms with Gasteiger partial charge in [0.2, 0.25) is 9.05 Å². The second-order valence-corrected chi connectivity index (χ2v) is 20.7. The number of piperidine rings is 2. The molecule has 0 aliphatic carbocycles. The van der Waals surface area contributed by atoms with Crippen molar-refractivity contribution in [1.82, 2.24) is 9.80 Å². The molecule has 8 rings (SSSR count). The van der Waals surface area contributed by atoms with Gasteiger partial charge in [-0.2, -0.15) is 0 Å². The van der Waals surface area contributed by atoms with E-state index >= 15 is 0 Å². The number of halogens is 3. The third kappa shape index (κ3) is 22.8. The molecule has 14 heteroatoms. The van der Waals surface area contributed by atoms with Gasteiger partial charge in [-0.05, 0) is 158 Å². The van der Waals surface area contributed by atoms with E-state index in [0.29, 0.717) is 25.0 Å². The highest BCUT2D eigenvalue weighted by Gasteiger charge is 2.20. The largest absolute Gasteiger partial charge is 0.494 e. The van der Waals surface area contributed by atoms with Crippen LogP contribution in [0.1, 0.15) is 60.8 Å². The average molecular weight is 1040 g/mol. The highest BCUT2D eigenvalue weighted by Crippen LogP contribution is 2.27. The quantitative estimate of drug-likeness (QED) is 0.0713. The Hall–Kier alpha value is -6.64. The Morgan fingerprint density at radius 3 is 1.03 bits per heavy atom. The molecule has 6 aromatic rings. The zero-order chi connectivity index (χ0) is 52.3. The van der Waals surface area contributed by atoms with Crippen LogP contribution in [0.2, 0.25) is 0 Å². The zero-order valence-electron chi connectivity index (χ0n) is 41.2. The Bertz CT molecular complexity index is 2440. The molecule has 386 valence electrons. The Labute approximate surface area is 433 Å². The number of nitrogens with zero attached hydrogens (tertiary/aromatic N) is 2. The van der Waals surface area contributed by atoms with Crippen LogP contribution in [0.15, 0.2) is 182 Å². The van der Waals surface area contributed by atoms with Crippen LogP contribution in [0.25, 0.3) is 11.1 Å².